The Morgan fingerprint density at radius 2 is 1.88 bits per heavy atom. The first kappa shape index (κ1) is 28.5. The van der Waals surface area contributed by atoms with Crippen LogP contribution in [-0.4, -0.2) is 55.1 Å². The number of aliphatic imine (C=N–C) groups is 1. The number of hydrogen-bond donors (Lipinski definition) is 3. The second-order valence-electron chi connectivity index (χ2n) is 9.17. The van der Waals surface area contributed by atoms with E-state index in [0.717, 1.165) is 75.7 Å². The third-order valence-electron chi connectivity index (χ3n) is 5.32. The number of nitrogens with two attached hydrogens (primary N) is 1. The number of guanidine groups is 1. The molecule has 4 N–H and O–H groups in total. The third-order valence-corrected chi connectivity index (χ3v) is 5.32. The Balaban J connectivity index is 0.00000512. The van der Waals surface area contributed by atoms with E-state index in [9.17, 15) is 4.79 Å². The first-order valence-corrected chi connectivity index (χ1v) is 11.6. The fourth-order valence-electron chi connectivity index (χ4n) is 3.68. The number of piperidine rings is 1. The molecule has 1 amide bonds. The van der Waals surface area contributed by atoms with Gasteiger partial charge in [0.2, 0.25) is 5.91 Å². The summed E-state index contributed by atoms with van der Waals surface area (Å²) in [5.41, 5.74) is 6.25. The molecule has 1 saturated heterocycles. The average Bonchev–Trinajstić information content (AvgIpc) is 2.72. The molecule has 1 aromatic rings. The lowest BCUT2D eigenvalue weighted by molar-refractivity contribution is -0.123. The van der Waals surface area contributed by atoms with Gasteiger partial charge in [-0.25, -0.2) is 4.99 Å². The van der Waals surface area contributed by atoms with Crippen molar-refractivity contribution in [2.75, 3.05) is 32.7 Å². The fourth-order valence-corrected chi connectivity index (χ4v) is 3.68. The number of carbonyl (C=O) groups excluding carboxylic acids is 1. The van der Waals surface area contributed by atoms with Crippen LogP contribution in [0.1, 0.15) is 58.9 Å². The van der Waals surface area contributed by atoms with Gasteiger partial charge in [-0.3, -0.25) is 4.79 Å². The lowest BCUT2D eigenvalue weighted by Crippen LogP contribution is -2.39. The number of carbonyl (C=O) groups is 1. The number of rotatable bonds is 10. The summed E-state index contributed by atoms with van der Waals surface area (Å²) in [6.45, 7) is 13.5. The molecule has 0 saturated carbocycles. The molecule has 7 nitrogen and oxygen atoms in total. The molecule has 1 heterocycles. The van der Waals surface area contributed by atoms with Gasteiger partial charge in [-0.15, -0.1) is 24.0 Å². The maximum absolute atomic E-state index is 11.3. The van der Waals surface area contributed by atoms with E-state index in [0.29, 0.717) is 6.54 Å². The Hall–Kier alpha value is -1.55. The normalized spacial score (nSPS) is 15.7. The second-order valence-corrected chi connectivity index (χ2v) is 9.17. The molecule has 1 aliphatic heterocycles. The van der Waals surface area contributed by atoms with Crippen LogP contribution in [0.5, 0.6) is 5.75 Å². The van der Waals surface area contributed by atoms with Crippen molar-refractivity contribution in [2.45, 2.75) is 65.5 Å². The Kier molecular flexibility index (Phi) is 13.0. The first-order valence-electron chi connectivity index (χ1n) is 11.6. The predicted molar refractivity (Wildman–Crippen MR) is 143 cm³/mol. The number of primary amides is 1. The number of amides is 1. The van der Waals surface area contributed by atoms with Crippen molar-refractivity contribution in [3.63, 3.8) is 0 Å². The molecule has 0 aliphatic carbocycles. The van der Waals surface area contributed by atoms with Crippen LogP contribution in [-0.2, 0) is 11.3 Å². The molecule has 0 unspecified atom stereocenters. The van der Waals surface area contributed by atoms with Crippen molar-refractivity contribution < 1.29 is 9.53 Å². The molecule has 1 aliphatic rings. The molecule has 182 valence electrons. The largest absolute Gasteiger partial charge is 0.488 e. The van der Waals surface area contributed by atoms with Crippen molar-refractivity contribution in [3.8, 4) is 5.75 Å². The van der Waals surface area contributed by atoms with Crippen molar-refractivity contribution >= 4 is 35.8 Å². The Morgan fingerprint density at radius 3 is 2.50 bits per heavy atom. The van der Waals surface area contributed by atoms with Crippen LogP contribution in [0.4, 0.5) is 0 Å². The molecule has 1 fully saturated rings. The van der Waals surface area contributed by atoms with Gasteiger partial charge in [-0.1, -0.05) is 18.2 Å². The second kappa shape index (κ2) is 14.6. The number of hydrogen-bond acceptors (Lipinski definition) is 4. The van der Waals surface area contributed by atoms with Crippen LogP contribution in [0.3, 0.4) is 0 Å². The molecular weight excluding hydrogens is 517 g/mol. The van der Waals surface area contributed by atoms with Crippen LogP contribution < -0.4 is 21.1 Å². The number of para-hydroxylation sites is 1. The van der Waals surface area contributed by atoms with Crippen LogP contribution >= 0.6 is 24.0 Å². The van der Waals surface area contributed by atoms with Crippen LogP contribution in [0.2, 0.25) is 0 Å². The molecule has 8 heteroatoms. The molecule has 0 atom stereocenters. The molecule has 2 rings (SSSR count). The van der Waals surface area contributed by atoms with E-state index in [1.54, 1.807) is 0 Å². The maximum Gasteiger partial charge on any atom is 0.220 e. The maximum atomic E-state index is 11.3. The number of nitrogens with one attached hydrogen (secondary N) is 2. The molecular formula is C24H42IN5O2. The van der Waals surface area contributed by atoms with E-state index in [-0.39, 0.29) is 41.4 Å². The van der Waals surface area contributed by atoms with Crippen molar-refractivity contribution in [1.29, 1.82) is 0 Å². The van der Waals surface area contributed by atoms with E-state index in [4.69, 9.17) is 15.5 Å². The highest BCUT2D eigenvalue weighted by atomic mass is 127. The summed E-state index contributed by atoms with van der Waals surface area (Å²) in [6, 6.07) is 8.08. The number of benzene rings is 1. The summed E-state index contributed by atoms with van der Waals surface area (Å²) in [6.07, 6.45) is 3.98. The summed E-state index contributed by atoms with van der Waals surface area (Å²) in [4.78, 5) is 18.5. The van der Waals surface area contributed by atoms with E-state index < -0.39 is 0 Å². The van der Waals surface area contributed by atoms with E-state index in [2.05, 4.69) is 49.3 Å². The van der Waals surface area contributed by atoms with Gasteiger partial charge in [-0.05, 0) is 79.1 Å². The third kappa shape index (κ3) is 10.8. The molecule has 0 bridgehead atoms. The van der Waals surface area contributed by atoms with Crippen molar-refractivity contribution in [3.05, 3.63) is 29.8 Å². The number of ether oxygens (including phenoxy) is 1. The van der Waals surface area contributed by atoms with Gasteiger partial charge < -0.3 is 26.0 Å². The van der Waals surface area contributed by atoms with Crippen LogP contribution in [0.15, 0.2) is 29.3 Å². The van der Waals surface area contributed by atoms with Gasteiger partial charge in [0.25, 0.3) is 0 Å². The van der Waals surface area contributed by atoms with Gasteiger partial charge in [0.05, 0.1) is 6.54 Å². The monoisotopic (exact) mass is 559 g/mol. The van der Waals surface area contributed by atoms with Crippen molar-refractivity contribution in [1.82, 2.24) is 15.5 Å². The SMILES string of the molecule is CCNC(=NCc1ccccc1OC(C)(C)C)NCCCCN1CCC(C(N)=O)CC1.I. The topological polar surface area (TPSA) is 92.0 Å². The highest BCUT2D eigenvalue weighted by molar-refractivity contribution is 14.0. The van der Waals surface area contributed by atoms with Crippen LogP contribution in [0, 0.1) is 5.92 Å². The quantitative estimate of drug-likeness (QED) is 0.177. The summed E-state index contributed by atoms with van der Waals surface area (Å²) in [7, 11) is 0. The van der Waals surface area contributed by atoms with Gasteiger partial charge >= 0.3 is 0 Å². The minimum absolute atomic E-state index is 0. The lowest BCUT2D eigenvalue weighted by atomic mass is 9.96. The number of likely N-dealkylation sites (tertiary alicyclic amines) is 1. The summed E-state index contributed by atoms with van der Waals surface area (Å²) < 4.78 is 6.08. The molecule has 0 aromatic heterocycles. The van der Waals surface area contributed by atoms with Gasteiger partial charge in [-0.2, -0.15) is 0 Å². The molecule has 32 heavy (non-hydrogen) atoms. The highest BCUT2D eigenvalue weighted by Crippen LogP contribution is 2.23. The fraction of sp³-hybridized carbons (Fsp3) is 0.667. The van der Waals surface area contributed by atoms with Gasteiger partial charge in [0, 0.05) is 24.6 Å². The summed E-state index contributed by atoms with van der Waals surface area (Å²) in [5.74, 6) is 1.63. The zero-order chi connectivity index (χ0) is 22.7. The minimum atomic E-state index is -0.238. The zero-order valence-electron chi connectivity index (χ0n) is 20.2. The Labute approximate surface area is 211 Å². The first-order chi connectivity index (χ1) is 14.8. The zero-order valence-corrected chi connectivity index (χ0v) is 22.5. The molecule has 0 spiro atoms. The van der Waals surface area contributed by atoms with E-state index >= 15 is 0 Å². The average molecular weight is 560 g/mol. The van der Waals surface area contributed by atoms with E-state index in [1.165, 1.54) is 0 Å². The number of nitrogens with zero attached hydrogens (tertiary/aromatic N) is 2. The van der Waals surface area contributed by atoms with Crippen molar-refractivity contribution in [2.24, 2.45) is 16.6 Å². The predicted octanol–water partition coefficient (Wildman–Crippen LogP) is 3.51. The summed E-state index contributed by atoms with van der Waals surface area (Å²) >= 11 is 0. The number of unbranched alkanes of at least 4 members (excludes halogenated alkanes) is 1. The van der Waals surface area contributed by atoms with Gasteiger partial charge in [0.1, 0.15) is 11.4 Å². The highest BCUT2D eigenvalue weighted by Gasteiger charge is 2.22. The van der Waals surface area contributed by atoms with Gasteiger partial charge in [0.15, 0.2) is 5.96 Å². The smallest absolute Gasteiger partial charge is 0.220 e. The number of halogens is 1. The van der Waals surface area contributed by atoms with Crippen LogP contribution in [0.25, 0.3) is 0 Å². The Morgan fingerprint density at radius 1 is 1.19 bits per heavy atom. The minimum Gasteiger partial charge on any atom is -0.488 e. The molecule has 1 aromatic carbocycles. The molecule has 0 radical (unpaired) electrons. The standard InChI is InChI=1S/C24H41N5O2.HI/c1-5-26-23(28-18-20-10-6-7-11-21(20)31-24(2,3)4)27-14-8-9-15-29-16-12-19(13-17-29)22(25)30;/h6-7,10-11,19H,5,8-9,12-18H2,1-4H3,(H2,25,30)(H2,26,27,28);1H. The summed E-state index contributed by atoms with van der Waals surface area (Å²) in [5, 5.41) is 6.76. The lowest BCUT2D eigenvalue weighted by Gasteiger charge is -2.30. The van der Waals surface area contributed by atoms with E-state index in [1.807, 2.05) is 18.2 Å². The Bertz CT molecular complexity index is 713.